The number of nitrogens with two attached hydrogens (primary N) is 1. The van der Waals surface area contributed by atoms with E-state index in [9.17, 15) is 8.42 Å². The molecule has 2 N–H and O–H groups in total. The molecule has 0 aliphatic rings. The standard InChI is InChI=1S/C11H13N3O2S/c1-8-7-11(12)13-14(8)9-3-5-10(6-4-9)17(2,15)16/h3-7H,1-2H3,(H2,12,13). The molecule has 0 bridgehead atoms. The van der Waals surface area contributed by atoms with Gasteiger partial charge in [-0.15, -0.1) is 0 Å². The first-order valence-electron chi connectivity index (χ1n) is 5.00. The zero-order valence-electron chi connectivity index (χ0n) is 9.58. The van der Waals surface area contributed by atoms with E-state index >= 15 is 0 Å². The number of aryl methyl sites for hydroxylation is 1. The molecule has 0 unspecified atom stereocenters. The second-order valence-corrected chi connectivity index (χ2v) is 5.90. The highest BCUT2D eigenvalue weighted by molar-refractivity contribution is 7.90. The minimum atomic E-state index is -3.16. The number of hydrogen-bond acceptors (Lipinski definition) is 4. The van der Waals surface area contributed by atoms with Crippen LogP contribution in [-0.4, -0.2) is 24.5 Å². The third-order valence-corrected chi connectivity index (χ3v) is 3.54. The molecule has 1 aromatic heterocycles. The van der Waals surface area contributed by atoms with Crippen molar-refractivity contribution in [2.45, 2.75) is 11.8 Å². The summed E-state index contributed by atoms with van der Waals surface area (Å²) in [5, 5.41) is 4.12. The highest BCUT2D eigenvalue weighted by Crippen LogP contribution is 2.16. The lowest BCUT2D eigenvalue weighted by atomic mass is 10.3. The second kappa shape index (κ2) is 3.89. The lowest BCUT2D eigenvalue weighted by Gasteiger charge is -2.05. The molecule has 1 heterocycles. The van der Waals surface area contributed by atoms with E-state index in [-0.39, 0.29) is 0 Å². The second-order valence-electron chi connectivity index (χ2n) is 3.89. The Morgan fingerprint density at radius 2 is 1.82 bits per heavy atom. The van der Waals surface area contributed by atoms with E-state index in [0.29, 0.717) is 10.7 Å². The summed E-state index contributed by atoms with van der Waals surface area (Å²) in [4.78, 5) is 0.291. The third kappa shape index (κ3) is 2.31. The van der Waals surface area contributed by atoms with Gasteiger partial charge >= 0.3 is 0 Å². The number of nitrogen functional groups attached to an aromatic ring is 1. The Morgan fingerprint density at radius 3 is 2.24 bits per heavy atom. The van der Waals surface area contributed by atoms with Crippen LogP contribution < -0.4 is 5.73 Å². The molecule has 0 fully saturated rings. The van der Waals surface area contributed by atoms with Crippen molar-refractivity contribution in [2.24, 2.45) is 0 Å². The summed E-state index contributed by atoms with van der Waals surface area (Å²) in [6.45, 7) is 1.88. The van der Waals surface area contributed by atoms with Crippen LogP contribution in [0, 0.1) is 6.92 Å². The van der Waals surface area contributed by atoms with Gasteiger partial charge < -0.3 is 5.73 Å². The third-order valence-electron chi connectivity index (χ3n) is 2.42. The van der Waals surface area contributed by atoms with E-state index in [0.717, 1.165) is 11.4 Å². The van der Waals surface area contributed by atoms with Crippen molar-refractivity contribution in [3.05, 3.63) is 36.0 Å². The number of rotatable bonds is 2. The first-order valence-corrected chi connectivity index (χ1v) is 6.90. The van der Waals surface area contributed by atoms with E-state index in [1.54, 1.807) is 35.0 Å². The summed E-state index contributed by atoms with van der Waals surface area (Å²) < 4.78 is 24.3. The van der Waals surface area contributed by atoms with Crippen molar-refractivity contribution in [2.75, 3.05) is 12.0 Å². The number of hydrogen-bond donors (Lipinski definition) is 1. The van der Waals surface area contributed by atoms with Gasteiger partial charge in [-0.25, -0.2) is 13.1 Å². The summed E-state index contributed by atoms with van der Waals surface area (Å²) in [6, 6.07) is 8.28. The van der Waals surface area contributed by atoms with Gasteiger partial charge in [0.15, 0.2) is 9.84 Å². The molecular weight excluding hydrogens is 238 g/mol. The van der Waals surface area contributed by atoms with Crippen molar-refractivity contribution in [1.29, 1.82) is 0 Å². The Hall–Kier alpha value is -1.82. The Bertz CT molecular complexity index is 642. The molecule has 5 nitrogen and oxygen atoms in total. The Morgan fingerprint density at radius 1 is 1.24 bits per heavy atom. The Kier molecular flexibility index (Phi) is 2.66. The van der Waals surface area contributed by atoms with Crippen molar-refractivity contribution in [1.82, 2.24) is 9.78 Å². The zero-order valence-corrected chi connectivity index (χ0v) is 10.4. The van der Waals surface area contributed by atoms with Crippen LogP contribution in [0.1, 0.15) is 5.69 Å². The number of anilines is 1. The van der Waals surface area contributed by atoms with Crippen LogP contribution in [0.2, 0.25) is 0 Å². The van der Waals surface area contributed by atoms with Gasteiger partial charge in [0.05, 0.1) is 10.6 Å². The molecule has 0 spiro atoms. The molecule has 0 saturated carbocycles. The van der Waals surface area contributed by atoms with Crippen molar-refractivity contribution >= 4 is 15.7 Å². The average molecular weight is 251 g/mol. The minimum absolute atomic E-state index is 0.291. The summed E-state index contributed by atoms with van der Waals surface area (Å²) in [5.41, 5.74) is 7.27. The molecule has 0 aliphatic carbocycles. The van der Waals surface area contributed by atoms with Crippen LogP contribution in [0.5, 0.6) is 0 Å². The number of sulfone groups is 1. The highest BCUT2D eigenvalue weighted by atomic mass is 32.2. The lowest BCUT2D eigenvalue weighted by Crippen LogP contribution is -2.01. The van der Waals surface area contributed by atoms with E-state index in [1.165, 1.54) is 6.26 Å². The number of nitrogens with zero attached hydrogens (tertiary/aromatic N) is 2. The maximum atomic E-state index is 11.3. The molecule has 2 aromatic rings. The molecule has 6 heteroatoms. The molecular formula is C11H13N3O2S. The van der Waals surface area contributed by atoms with Crippen LogP contribution >= 0.6 is 0 Å². The molecule has 2 rings (SSSR count). The minimum Gasteiger partial charge on any atom is -0.382 e. The normalized spacial score (nSPS) is 11.6. The predicted octanol–water partition coefficient (Wildman–Crippen LogP) is 1.17. The lowest BCUT2D eigenvalue weighted by molar-refractivity contribution is 0.602. The van der Waals surface area contributed by atoms with Gasteiger partial charge in [0.1, 0.15) is 5.82 Å². The maximum absolute atomic E-state index is 11.3. The predicted molar refractivity (Wildman–Crippen MR) is 65.8 cm³/mol. The van der Waals surface area contributed by atoms with Gasteiger partial charge in [0.25, 0.3) is 0 Å². The summed E-state index contributed by atoms with van der Waals surface area (Å²) >= 11 is 0. The molecule has 0 saturated heterocycles. The number of benzene rings is 1. The topological polar surface area (TPSA) is 78.0 Å². The van der Waals surface area contributed by atoms with Gasteiger partial charge in [-0.1, -0.05) is 0 Å². The maximum Gasteiger partial charge on any atom is 0.175 e. The summed E-state index contributed by atoms with van der Waals surface area (Å²) in [7, 11) is -3.16. The molecule has 17 heavy (non-hydrogen) atoms. The van der Waals surface area contributed by atoms with Gasteiger partial charge in [0.2, 0.25) is 0 Å². The van der Waals surface area contributed by atoms with Crippen LogP contribution in [-0.2, 0) is 9.84 Å². The van der Waals surface area contributed by atoms with E-state index in [2.05, 4.69) is 5.10 Å². The largest absolute Gasteiger partial charge is 0.382 e. The van der Waals surface area contributed by atoms with Gasteiger partial charge in [-0.3, -0.25) is 0 Å². The van der Waals surface area contributed by atoms with Crippen molar-refractivity contribution < 1.29 is 8.42 Å². The Labute approximate surface area is 99.8 Å². The molecule has 0 radical (unpaired) electrons. The highest BCUT2D eigenvalue weighted by Gasteiger charge is 2.08. The first kappa shape index (κ1) is 11.7. The van der Waals surface area contributed by atoms with Crippen LogP contribution in [0.3, 0.4) is 0 Å². The fraction of sp³-hybridized carbons (Fsp3) is 0.182. The SMILES string of the molecule is Cc1cc(N)nn1-c1ccc(S(C)(=O)=O)cc1. The van der Waals surface area contributed by atoms with Crippen molar-refractivity contribution in [3.63, 3.8) is 0 Å². The average Bonchev–Trinajstić information content (AvgIpc) is 2.57. The van der Waals surface area contributed by atoms with Crippen LogP contribution in [0.25, 0.3) is 5.69 Å². The summed E-state index contributed by atoms with van der Waals surface area (Å²) in [6.07, 6.45) is 1.18. The monoisotopic (exact) mass is 251 g/mol. The molecule has 1 aromatic carbocycles. The van der Waals surface area contributed by atoms with E-state index in [4.69, 9.17) is 5.73 Å². The fourth-order valence-electron chi connectivity index (χ4n) is 1.59. The molecule has 0 atom stereocenters. The number of aromatic nitrogens is 2. The van der Waals surface area contributed by atoms with E-state index in [1.807, 2.05) is 6.92 Å². The fourth-order valence-corrected chi connectivity index (χ4v) is 2.22. The van der Waals surface area contributed by atoms with Crippen LogP contribution in [0.15, 0.2) is 35.2 Å². The summed E-state index contributed by atoms with van der Waals surface area (Å²) in [5.74, 6) is 0.440. The molecule has 0 amide bonds. The van der Waals surface area contributed by atoms with Gasteiger partial charge in [-0.2, -0.15) is 5.10 Å². The van der Waals surface area contributed by atoms with Crippen LogP contribution in [0.4, 0.5) is 5.82 Å². The van der Waals surface area contributed by atoms with Gasteiger partial charge in [0, 0.05) is 18.0 Å². The zero-order chi connectivity index (χ0) is 12.6. The quantitative estimate of drug-likeness (QED) is 0.869. The molecule has 0 aliphatic heterocycles. The van der Waals surface area contributed by atoms with Gasteiger partial charge in [-0.05, 0) is 31.2 Å². The first-order chi connectivity index (χ1) is 7.88. The van der Waals surface area contributed by atoms with E-state index < -0.39 is 9.84 Å². The Balaban J connectivity index is 2.46. The smallest absolute Gasteiger partial charge is 0.175 e. The molecule has 90 valence electrons. The van der Waals surface area contributed by atoms with Crippen molar-refractivity contribution in [3.8, 4) is 5.69 Å².